The smallest absolute Gasteiger partial charge is 1.00 e. The third-order valence-electron chi connectivity index (χ3n) is 1.51. The fourth-order valence-electron chi connectivity index (χ4n) is 0.880. The van der Waals surface area contributed by atoms with Gasteiger partial charge in [0.15, 0.2) is 11.3 Å². The number of nitro groups is 1. The Kier molecular flexibility index (Phi) is 6.60. The Labute approximate surface area is 121 Å². The molecule has 0 amide bonds. The summed E-state index contributed by atoms with van der Waals surface area (Å²) in [5.74, 6) is 0. The quantitative estimate of drug-likeness (QED) is 0.164. The molecule has 0 saturated heterocycles. The molecule has 1 aromatic carbocycles. The summed E-state index contributed by atoms with van der Waals surface area (Å²) in [6.45, 7) is 0. The van der Waals surface area contributed by atoms with Crippen LogP contribution in [0, 0.1) is 21.6 Å². The third kappa shape index (κ3) is 4.55. The predicted octanol–water partition coefficient (Wildman–Crippen LogP) is -1.52. The number of hydrogen-bond donors (Lipinski definition) is 2. The molecule has 8 heteroatoms. The number of benzene rings is 1. The second-order valence-corrected chi connectivity index (χ2v) is 2.90. The molecule has 78 valence electrons. The number of nitriles is 1. The van der Waals surface area contributed by atoms with Crippen molar-refractivity contribution in [2.45, 2.75) is 0 Å². The molecule has 1 rings (SSSR count). The third-order valence-corrected chi connectivity index (χ3v) is 1.71. The zero-order chi connectivity index (χ0) is 11.3. The normalized spacial score (nSPS) is 8.19. The van der Waals surface area contributed by atoms with Crippen molar-refractivity contribution >= 4 is 28.7 Å². The number of nitrogens with one attached hydrogen (secondary N) is 2. The maximum Gasteiger partial charge on any atom is 1.00 e. The topological polar surface area (TPSA) is 91.0 Å². The van der Waals surface area contributed by atoms with Crippen molar-refractivity contribution in [3.05, 3.63) is 34.4 Å². The van der Waals surface area contributed by atoms with Crippen LogP contribution in [0.1, 0.15) is 1.43 Å². The first-order valence-electron chi connectivity index (χ1n) is 3.84. The Morgan fingerprint density at radius 2 is 2.06 bits per heavy atom. The molecular weight excluding hydrogens is 239 g/mol. The summed E-state index contributed by atoms with van der Waals surface area (Å²) >= 11 is 4.74. The molecular formula is C8H7N4NaO2S. The van der Waals surface area contributed by atoms with E-state index in [0.717, 1.165) is 0 Å². The van der Waals surface area contributed by atoms with Gasteiger partial charge in [-0.05, 0) is 24.4 Å². The number of rotatable bonds is 2. The number of non-ortho nitro benzene ring substituents is 1. The first-order valence-corrected chi connectivity index (χ1v) is 4.25. The molecule has 0 spiro atoms. The summed E-state index contributed by atoms with van der Waals surface area (Å²) in [7, 11) is 0. The summed E-state index contributed by atoms with van der Waals surface area (Å²) in [6.07, 6.45) is 1.66. The fraction of sp³-hybridized carbons (Fsp3) is 0. The van der Waals surface area contributed by atoms with Crippen LogP contribution in [0.15, 0.2) is 24.3 Å². The Morgan fingerprint density at radius 3 is 2.50 bits per heavy atom. The van der Waals surface area contributed by atoms with Crippen LogP contribution in [0.2, 0.25) is 0 Å². The van der Waals surface area contributed by atoms with Gasteiger partial charge in [0.05, 0.1) is 4.92 Å². The van der Waals surface area contributed by atoms with Gasteiger partial charge in [-0.15, -0.1) is 0 Å². The van der Waals surface area contributed by atoms with Gasteiger partial charge in [-0.25, -0.2) is 0 Å². The van der Waals surface area contributed by atoms with E-state index in [1.54, 1.807) is 6.19 Å². The largest absolute Gasteiger partial charge is 1.00 e. The molecule has 0 bridgehead atoms. The zero-order valence-corrected chi connectivity index (χ0v) is 11.2. The first-order chi connectivity index (χ1) is 7.13. The van der Waals surface area contributed by atoms with Gasteiger partial charge in [0.25, 0.3) is 5.69 Å². The van der Waals surface area contributed by atoms with Crippen LogP contribution < -0.4 is 40.2 Å². The molecule has 0 unspecified atom stereocenters. The summed E-state index contributed by atoms with van der Waals surface area (Å²) in [6, 6.07) is 5.70. The molecule has 0 aromatic heterocycles. The minimum Gasteiger partial charge on any atom is -1.00 e. The van der Waals surface area contributed by atoms with Crippen LogP contribution >= 0.6 is 12.2 Å². The van der Waals surface area contributed by atoms with E-state index in [-0.39, 0.29) is 41.8 Å². The van der Waals surface area contributed by atoms with Crippen LogP contribution in [0.5, 0.6) is 0 Å². The summed E-state index contributed by atoms with van der Waals surface area (Å²) < 4.78 is 0. The minimum atomic E-state index is -0.490. The SMILES string of the molecule is N#CNC(=S)Nc1ccc([N+](=O)[O-])cc1.[H-].[Na+]. The van der Waals surface area contributed by atoms with Gasteiger partial charge in [-0.3, -0.25) is 15.4 Å². The van der Waals surface area contributed by atoms with Gasteiger partial charge in [-0.2, -0.15) is 5.26 Å². The summed E-state index contributed by atoms with van der Waals surface area (Å²) in [5.41, 5.74) is 0.577. The van der Waals surface area contributed by atoms with Crippen molar-refractivity contribution in [3.8, 4) is 6.19 Å². The number of thiocarbonyl (C=S) groups is 1. The van der Waals surface area contributed by atoms with Gasteiger partial charge in [0, 0.05) is 17.8 Å². The van der Waals surface area contributed by atoms with Crippen LogP contribution in [0.3, 0.4) is 0 Å². The second-order valence-electron chi connectivity index (χ2n) is 2.49. The van der Waals surface area contributed by atoms with E-state index < -0.39 is 4.92 Å². The van der Waals surface area contributed by atoms with Crippen LogP contribution in [-0.4, -0.2) is 10.0 Å². The Bertz CT molecular complexity index is 434. The van der Waals surface area contributed by atoms with Crippen molar-refractivity contribution in [2.75, 3.05) is 5.32 Å². The summed E-state index contributed by atoms with van der Waals surface area (Å²) in [4.78, 5) is 9.85. The Hall–Kier alpha value is -1.20. The first kappa shape index (κ1) is 14.8. The Morgan fingerprint density at radius 1 is 1.50 bits per heavy atom. The molecule has 0 aliphatic heterocycles. The van der Waals surface area contributed by atoms with Crippen LogP contribution in [-0.2, 0) is 0 Å². The standard InChI is InChI=1S/C8H6N4O2S.Na.H/c9-5-10-8(15)11-6-1-3-7(4-2-6)12(13)14;;/h1-4H,(H2,10,11,15);;/q;+1;-1. The van der Waals surface area contributed by atoms with Crippen molar-refractivity contribution in [3.63, 3.8) is 0 Å². The fourth-order valence-corrected chi connectivity index (χ4v) is 1.04. The van der Waals surface area contributed by atoms with Gasteiger partial charge in [-0.1, -0.05) is 0 Å². The van der Waals surface area contributed by atoms with Crippen molar-refractivity contribution in [1.82, 2.24) is 5.32 Å². The van der Waals surface area contributed by atoms with Crippen LogP contribution in [0.25, 0.3) is 0 Å². The van der Waals surface area contributed by atoms with Gasteiger partial charge >= 0.3 is 29.6 Å². The number of nitro benzene ring substituents is 1. The molecule has 1 aromatic rings. The van der Waals surface area contributed by atoms with E-state index in [9.17, 15) is 10.1 Å². The molecule has 0 atom stereocenters. The average molecular weight is 246 g/mol. The molecule has 0 saturated carbocycles. The van der Waals surface area contributed by atoms with Crippen molar-refractivity contribution in [1.29, 1.82) is 5.26 Å². The molecule has 0 heterocycles. The van der Waals surface area contributed by atoms with E-state index in [2.05, 4.69) is 10.6 Å². The molecule has 6 nitrogen and oxygen atoms in total. The van der Waals surface area contributed by atoms with E-state index in [1.807, 2.05) is 0 Å². The predicted molar refractivity (Wildman–Crippen MR) is 59.2 cm³/mol. The molecule has 0 fully saturated rings. The molecule has 0 aliphatic carbocycles. The van der Waals surface area contributed by atoms with Crippen LogP contribution in [0.4, 0.5) is 11.4 Å². The van der Waals surface area contributed by atoms with E-state index in [0.29, 0.717) is 5.69 Å². The average Bonchev–Trinajstić information content (AvgIpc) is 2.18. The summed E-state index contributed by atoms with van der Waals surface area (Å²) in [5, 5.41) is 23.6. The monoisotopic (exact) mass is 246 g/mol. The molecule has 16 heavy (non-hydrogen) atoms. The van der Waals surface area contributed by atoms with Crippen molar-refractivity contribution in [2.24, 2.45) is 0 Å². The Balaban J connectivity index is 0. The van der Waals surface area contributed by atoms with E-state index in [4.69, 9.17) is 17.5 Å². The minimum absolute atomic E-state index is 0. The van der Waals surface area contributed by atoms with Gasteiger partial charge < -0.3 is 6.74 Å². The number of anilines is 1. The second kappa shape index (κ2) is 7.14. The maximum absolute atomic E-state index is 10.3. The molecule has 2 N–H and O–H groups in total. The number of nitrogens with zero attached hydrogens (tertiary/aromatic N) is 2. The number of hydrogen-bond acceptors (Lipinski definition) is 4. The molecule has 0 aliphatic rings. The van der Waals surface area contributed by atoms with E-state index in [1.165, 1.54) is 24.3 Å². The molecule has 0 radical (unpaired) electrons. The van der Waals surface area contributed by atoms with Gasteiger partial charge in [0.2, 0.25) is 0 Å². The zero-order valence-electron chi connectivity index (χ0n) is 9.43. The van der Waals surface area contributed by atoms with Gasteiger partial charge in [0.1, 0.15) is 0 Å². The maximum atomic E-state index is 10.3. The van der Waals surface area contributed by atoms with Crippen molar-refractivity contribution < 1.29 is 35.9 Å². The van der Waals surface area contributed by atoms with E-state index >= 15 is 0 Å².